The van der Waals surface area contributed by atoms with Gasteiger partial charge in [-0.25, -0.2) is 0 Å². The van der Waals surface area contributed by atoms with Crippen LogP contribution in [-0.2, 0) is 25.7 Å². The molecule has 4 atom stereocenters. The molecule has 23 heteroatoms. The number of ketones is 7. The van der Waals surface area contributed by atoms with E-state index in [4.69, 9.17) is 63.5 Å². The van der Waals surface area contributed by atoms with Gasteiger partial charge < -0.3 is 68.6 Å². The molecule has 0 aliphatic heterocycles. The predicted octanol–water partition coefficient (Wildman–Crippen LogP) is 23.0. The Morgan fingerprint density at radius 1 is 0.446 bits per heavy atom. The molecule has 11 rings (SSSR count). The van der Waals surface area contributed by atoms with E-state index in [1.165, 1.54) is 56.7 Å². The molecule has 0 fully saturated rings. The number of allylic oxidation sites excluding steroid dienone is 2. The lowest BCUT2D eigenvalue weighted by atomic mass is 10.0. The van der Waals surface area contributed by atoms with Crippen LogP contribution in [0.15, 0.2) is 275 Å². The number of unbranched alkanes of at least 4 members (excludes halogenated alkanes) is 2. The third kappa shape index (κ3) is 44.7. The third-order valence-corrected chi connectivity index (χ3v) is 14.8. The normalized spacial score (nSPS) is 11.2. The zero-order chi connectivity index (χ0) is 83.3. The summed E-state index contributed by atoms with van der Waals surface area (Å²) in [5.74, 6) is 6.73. The molecule has 606 valence electrons. The van der Waals surface area contributed by atoms with Crippen LogP contribution >= 0.6 is 0 Å². The minimum Gasteiger partial charge on any atom is -0.467 e. The van der Waals surface area contributed by atoms with E-state index >= 15 is 0 Å². The maximum absolute atomic E-state index is 11.3. The Hall–Kier alpha value is -11.7. The standard InChI is InChI=1S/C10H12O2.C9H12O2.C9H10O2.C9H14O2.C9H12O2.C8H10O3.2C8H10O2.C7H8O2.C6H8O2.C6H6O2/c1-3-10(11)8(2)7-9-5-4-6-12-9;1-3-7(2)9(10)8-5-4-6-11-8;1-2-8(10)5-6-9-4-3-7-11-9;2*1-2-3-5-8(10)9-6-4-7-11-9;1-2-8(9)11-6-7-4-3-5-10-7;1-6(2)8(9)7-4-3-5-10-7;1-2-4-7(9)8-5-3-6-10-8;1-2-6(8)7-4-3-5-9-7;2*1-5(7)6-3-2-4-8-6/h4-7H,3H2,1-2H3;4-7H,3H2,1-2H3;3-7H,2H2,1H3;4,6-8,10H,2-3,5H2,1H3;4,6-7H,2-3,5H2,1H3;3-5H,2,6H2,1H3;3-6H,1-2H3;3,5-6H,2,4H2,1H3;2-6,8H,1H2;2-5,7H,1H3;2-4H,1H3/b8-7+;;6-5+;;;;;;;;. The van der Waals surface area contributed by atoms with Gasteiger partial charge in [0.15, 0.2) is 63.5 Å². The molecule has 0 saturated heterocycles. The van der Waals surface area contributed by atoms with E-state index in [0.717, 1.165) is 56.3 Å². The number of aliphatic hydroxyl groups is 3. The van der Waals surface area contributed by atoms with Crippen LogP contribution in [-0.4, -0.2) is 61.8 Å². The highest BCUT2D eigenvalue weighted by Gasteiger charge is 2.16. The molecule has 0 aliphatic carbocycles. The van der Waals surface area contributed by atoms with Gasteiger partial charge in [0, 0.05) is 50.9 Å². The van der Waals surface area contributed by atoms with Gasteiger partial charge in [-0.2, -0.15) is 0 Å². The molecule has 0 bridgehead atoms. The van der Waals surface area contributed by atoms with Crippen LogP contribution < -0.4 is 0 Å². The van der Waals surface area contributed by atoms with Crippen molar-refractivity contribution in [1.29, 1.82) is 0 Å². The maximum atomic E-state index is 11.3. The number of furan rings is 11. The number of rotatable bonds is 29. The summed E-state index contributed by atoms with van der Waals surface area (Å²) in [4.78, 5) is 87.6. The summed E-state index contributed by atoms with van der Waals surface area (Å²) in [7, 11) is 0. The summed E-state index contributed by atoms with van der Waals surface area (Å²) in [6, 6.07) is 38.3. The molecule has 3 N–H and O–H groups in total. The second-order valence-electron chi connectivity index (χ2n) is 24.3. The van der Waals surface area contributed by atoms with Crippen molar-refractivity contribution in [3.05, 3.63) is 290 Å². The maximum Gasteiger partial charge on any atom is 0.305 e. The van der Waals surface area contributed by atoms with Crippen molar-refractivity contribution in [2.24, 2.45) is 11.8 Å². The number of aliphatic hydroxyl groups excluding tert-OH is 3. The SMILES string of the molecule is C=CC(O)c1ccco1.CC(=O)c1ccco1.CC(C)C(=O)c1ccco1.CC(O)c1ccco1.CCC(=O)/C(C)=C/c1ccco1.CCC(=O)/C=C/c1ccco1.CCC(=O)OCc1ccco1.CCC(C)C(=O)c1ccco1.CCCC(=O)c1ccco1.CCCCC(=O)c1ccco1.CCCCC(O)c1ccco1. The van der Waals surface area contributed by atoms with Crippen molar-refractivity contribution in [2.75, 3.05) is 0 Å². The second kappa shape index (κ2) is 61.2. The van der Waals surface area contributed by atoms with E-state index in [9.17, 15) is 43.5 Å². The summed E-state index contributed by atoms with van der Waals surface area (Å²) in [5.41, 5.74) is 0.743. The van der Waals surface area contributed by atoms with Gasteiger partial charge in [0.05, 0.1) is 68.9 Å². The Morgan fingerprint density at radius 2 is 0.884 bits per heavy atom. The van der Waals surface area contributed by atoms with E-state index < -0.39 is 18.3 Å². The highest BCUT2D eigenvalue weighted by molar-refractivity contribution is 5.98. The van der Waals surface area contributed by atoms with Gasteiger partial charge in [-0.3, -0.25) is 38.4 Å². The largest absolute Gasteiger partial charge is 0.467 e. The van der Waals surface area contributed by atoms with Gasteiger partial charge in [-0.1, -0.05) is 94.6 Å². The quantitative estimate of drug-likeness (QED) is 0.0170. The van der Waals surface area contributed by atoms with Crippen LogP contribution in [0.3, 0.4) is 0 Å². The van der Waals surface area contributed by atoms with Gasteiger partial charge in [0.1, 0.15) is 59.5 Å². The number of hydrogen-bond acceptors (Lipinski definition) is 23. The van der Waals surface area contributed by atoms with Crippen molar-refractivity contribution in [1.82, 2.24) is 0 Å². The molecule has 11 aromatic heterocycles. The van der Waals surface area contributed by atoms with Gasteiger partial charge in [-0.05, 0) is 197 Å². The minimum atomic E-state index is -0.667. The Kier molecular flexibility index (Phi) is 53.7. The smallest absolute Gasteiger partial charge is 0.305 e. The number of ether oxygens (including phenoxy) is 1. The lowest BCUT2D eigenvalue weighted by molar-refractivity contribution is -0.145. The third-order valence-electron chi connectivity index (χ3n) is 14.8. The van der Waals surface area contributed by atoms with Crippen LogP contribution in [0.1, 0.15) is 273 Å². The molecule has 0 radical (unpaired) electrons. The number of hydrogen-bond donors (Lipinski definition) is 3. The first kappa shape index (κ1) is 98.3. The van der Waals surface area contributed by atoms with Crippen molar-refractivity contribution >= 4 is 58.6 Å². The van der Waals surface area contributed by atoms with Crippen LogP contribution in [0, 0.1) is 11.8 Å². The molecule has 23 nitrogen and oxygen atoms in total. The zero-order valence-corrected chi connectivity index (χ0v) is 66.7. The number of carbonyl (C=O) groups is 8. The van der Waals surface area contributed by atoms with Gasteiger partial charge in [0.2, 0.25) is 5.78 Å². The average Bonchev–Trinajstić information content (AvgIpc) is 1.72. The highest BCUT2D eigenvalue weighted by atomic mass is 16.5. The second-order valence-corrected chi connectivity index (χ2v) is 24.3. The lowest BCUT2D eigenvalue weighted by Gasteiger charge is -2.04. The van der Waals surface area contributed by atoms with Crippen LogP contribution in [0.25, 0.3) is 12.2 Å². The molecule has 0 aromatic carbocycles. The summed E-state index contributed by atoms with van der Waals surface area (Å²) < 4.78 is 59.0. The van der Waals surface area contributed by atoms with Crippen molar-refractivity contribution in [3.8, 4) is 0 Å². The Balaban J connectivity index is 0.000000617. The van der Waals surface area contributed by atoms with E-state index in [1.807, 2.05) is 54.5 Å². The molecule has 11 heterocycles. The average molecular weight is 1550 g/mol. The first-order valence-corrected chi connectivity index (χ1v) is 37.1. The molecule has 112 heavy (non-hydrogen) atoms. The minimum absolute atomic E-state index is 0.0196. The fourth-order valence-electron chi connectivity index (χ4n) is 8.11. The molecule has 0 amide bonds. The predicted molar refractivity (Wildman–Crippen MR) is 425 cm³/mol. The molecular weight excluding hydrogens is 1440 g/mol. The van der Waals surface area contributed by atoms with Crippen molar-refractivity contribution in [2.45, 2.75) is 192 Å². The van der Waals surface area contributed by atoms with E-state index in [0.29, 0.717) is 89.7 Å². The summed E-state index contributed by atoms with van der Waals surface area (Å²) in [6.45, 7) is 27.8. The van der Waals surface area contributed by atoms with E-state index in [-0.39, 0.29) is 64.9 Å². The first-order chi connectivity index (χ1) is 53.8. The summed E-state index contributed by atoms with van der Waals surface area (Å²) in [6.07, 6.45) is 31.1. The van der Waals surface area contributed by atoms with Gasteiger partial charge >= 0.3 is 5.97 Å². The molecule has 4 unspecified atom stereocenters. The Morgan fingerprint density at radius 3 is 1.26 bits per heavy atom. The van der Waals surface area contributed by atoms with Crippen LogP contribution in [0.5, 0.6) is 0 Å². The molecule has 11 aromatic rings. The Bertz CT molecular complexity index is 4120. The summed E-state index contributed by atoms with van der Waals surface area (Å²) in [5, 5.41) is 27.3. The number of Topliss-reactive ketones (excluding diaryl/α,β-unsaturated/α-hetero) is 6. The highest BCUT2D eigenvalue weighted by Crippen LogP contribution is 2.20. The van der Waals surface area contributed by atoms with Crippen LogP contribution in [0.4, 0.5) is 0 Å². The molecular formula is C89H112O23. The molecule has 0 saturated carbocycles. The van der Waals surface area contributed by atoms with Crippen molar-refractivity contribution < 1.29 is 107 Å². The first-order valence-electron chi connectivity index (χ1n) is 37.1. The molecule has 0 aliphatic rings. The molecule has 0 spiro atoms. The van der Waals surface area contributed by atoms with Gasteiger partial charge in [-0.15, -0.1) is 6.58 Å². The van der Waals surface area contributed by atoms with E-state index in [1.54, 1.807) is 192 Å². The van der Waals surface area contributed by atoms with E-state index in [2.05, 4.69) is 20.4 Å². The monoisotopic (exact) mass is 1550 g/mol. The fraction of sp³-hybridized carbons (Fsp3) is 0.348. The Labute approximate surface area is 656 Å². The number of carbonyl (C=O) groups excluding carboxylic acids is 8. The number of esters is 1. The lowest BCUT2D eigenvalue weighted by Crippen LogP contribution is -2.08. The topological polar surface area (TPSA) is 351 Å². The van der Waals surface area contributed by atoms with Crippen molar-refractivity contribution in [3.63, 3.8) is 0 Å². The summed E-state index contributed by atoms with van der Waals surface area (Å²) >= 11 is 0. The zero-order valence-electron chi connectivity index (χ0n) is 66.7. The van der Waals surface area contributed by atoms with Crippen LogP contribution in [0.2, 0.25) is 0 Å². The fourth-order valence-corrected chi connectivity index (χ4v) is 8.11. The van der Waals surface area contributed by atoms with Gasteiger partial charge in [0.25, 0.3) is 0 Å².